The van der Waals surface area contributed by atoms with Gasteiger partial charge in [-0.2, -0.15) is 0 Å². The fraction of sp³-hybridized carbons (Fsp3) is 0.300. The van der Waals surface area contributed by atoms with Gasteiger partial charge in [0.15, 0.2) is 0 Å². The second-order valence-corrected chi connectivity index (χ2v) is 6.44. The van der Waals surface area contributed by atoms with Gasteiger partial charge in [0.25, 0.3) is 0 Å². The molecule has 26 heavy (non-hydrogen) atoms. The summed E-state index contributed by atoms with van der Waals surface area (Å²) in [5, 5.41) is 5.52. The van der Waals surface area contributed by atoms with Crippen LogP contribution in [-0.2, 0) is 9.59 Å². The number of nitrogens with one attached hydrogen (secondary N) is 2. The van der Waals surface area contributed by atoms with Crippen molar-refractivity contribution in [1.82, 2.24) is 5.32 Å². The van der Waals surface area contributed by atoms with Crippen molar-refractivity contribution in [3.8, 4) is 0 Å². The molecule has 0 fully saturated rings. The van der Waals surface area contributed by atoms with Gasteiger partial charge in [0.05, 0.1) is 5.92 Å². The van der Waals surface area contributed by atoms with E-state index in [4.69, 9.17) is 0 Å². The Balaban J connectivity index is 1.53. The Hall–Kier alpha value is -2.89. The number of rotatable bonds is 6. The molecule has 2 amide bonds. The average molecular weight is 355 g/mol. The van der Waals surface area contributed by atoms with Crippen LogP contribution in [0, 0.1) is 5.82 Å². The number of carbonyl (C=O) groups excluding carboxylic acids is 2. The molecule has 0 saturated heterocycles. The molecule has 0 bridgehead atoms. The minimum absolute atomic E-state index is 0.0778. The van der Waals surface area contributed by atoms with Gasteiger partial charge in [0.2, 0.25) is 11.8 Å². The number of hydrogen-bond acceptors (Lipinski definition) is 3. The largest absolute Gasteiger partial charge is 0.375 e. The highest BCUT2D eigenvalue weighted by molar-refractivity contribution is 6.01. The third-order valence-electron chi connectivity index (χ3n) is 4.54. The monoisotopic (exact) mass is 355 g/mol. The van der Waals surface area contributed by atoms with Crippen molar-refractivity contribution in [2.45, 2.75) is 18.8 Å². The first-order valence-electron chi connectivity index (χ1n) is 8.68. The van der Waals surface area contributed by atoms with Gasteiger partial charge < -0.3 is 15.5 Å². The molecule has 0 saturated carbocycles. The summed E-state index contributed by atoms with van der Waals surface area (Å²) in [6, 6.07) is 14.2. The van der Waals surface area contributed by atoms with Crippen LogP contribution < -0.4 is 15.5 Å². The van der Waals surface area contributed by atoms with Crippen LogP contribution in [0.2, 0.25) is 0 Å². The van der Waals surface area contributed by atoms with Crippen molar-refractivity contribution in [3.63, 3.8) is 0 Å². The lowest BCUT2D eigenvalue weighted by molar-refractivity contribution is -0.126. The van der Waals surface area contributed by atoms with Crippen molar-refractivity contribution in [1.29, 1.82) is 0 Å². The van der Waals surface area contributed by atoms with E-state index in [1.165, 1.54) is 12.1 Å². The molecule has 1 aliphatic rings. The molecule has 1 aliphatic heterocycles. The summed E-state index contributed by atoms with van der Waals surface area (Å²) in [6.07, 6.45) is 0.862. The highest BCUT2D eigenvalue weighted by Crippen LogP contribution is 2.32. The highest BCUT2D eigenvalue weighted by Gasteiger charge is 2.30. The van der Waals surface area contributed by atoms with E-state index in [0.717, 1.165) is 18.7 Å². The maximum atomic E-state index is 13.4. The van der Waals surface area contributed by atoms with Gasteiger partial charge in [0, 0.05) is 37.9 Å². The molecule has 1 heterocycles. The summed E-state index contributed by atoms with van der Waals surface area (Å²) in [5.74, 6) is -1.48. The smallest absolute Gasteiger partial charge is 0.228 e. The number of anilines is 2. The second-order valence-electron chi connectivity index (χ2n) is 6.44. The molecular formula is C20H22FN3O2. The fourth-order valence-electron chi connectivity index (χ4n) is 3.13. The van der Waals surface area contributed by atoms with E-state index >= 15 is 0 Å². The maximum Gasteiger partial charge on any atom is 0.228 e. The number of fused-ring (bicyclic) bond motifs is 1. The maximum absolute atomic E-state index is 13.4. The quantitative estimate of drug-likeness (QED) is 0.784. The predicted molar refractivity (Wildman–Crippen MR) is 99.7 cm³/mol. The molecule has 2 N–H and O–H groups in total. The zero-order chi connectivity index (χ0) is 18.5. The molecule has 0 aromatic heterocycles. The highest BCUT2D eigenvalue weighted by atomic mass is 19.1. The van der Waals surface area contributed by atoms with Crippen molar-refractivity contribution in [2.75, 3.05) is 30.4 Å². The Kier molecular flexibility index (Phi) is 5.51. The first kappa shape index (κ1) is 17.9. The summed E-state index contributed by atoms with van der Waals surface area (Å²) in [7, 11) is 2.01. The van der Waals surface area contributed by atoms with Crippen LogP contribution in [0.3, 0.4) is 0 Å². The van der Waals surface area contributed by atoms with Crippen LogP contribution in [0.5, 0.6) is 0 Å². The number of benzene rings is 2. The Morgan fingerprint density at radius 2 is 2.04 bits per heavy atom. The van der Waals surface area contributed by atoms with E-state index in [1.807, 2.05) is 37.4 Å². The lowest BCUT2D eigenvalue weighted by atomic mass is 9.89. The number of carbonyl (C=O) groups is 2. The molecule has 0 spiro atoms. The van der Waals surface area contributed by atoms with Crippen LogP contribution in [0.1, 0.15) is 24.3 Å². The predicted octanol–water partition coefficient (Wildman–Crippen LogP) is 2.89. The molecular weight excluding hydrogens is 333 g/mol. The Bertz CT molecular complexity index is 795. The van der Waals surface area contributed by atoms with E-state index in [1.54, 1.807) is 6.07 Å². The van der Waals surface area contributed by atoms with E-state index < -0.39 is 11.7 Å². The summed E-state index contributed by atoms with van der Waals surface area (Å²) >= 11 is 0. The molecule has 6 heteroatoms. The van der Waals surface area contributed by atoms with Crippen molar-refractivity contribution in [3.05, 3.63) is 59.9 Å². The third kappa shape index (κ3) is 4.20. The number of nitrogens with zero attached hydrogens (tertiary/aromatic N) is 1. The summed E-state index contributed by atoms with van der Waals surface area (Å²) in [4.78, 5) is 26.4. The minimum Gasteiger partial charge on any atom is -0.375 e. The standard InChI is InChI=1S/C20H22FN3O2/c1-24(15-6-3-2-4-7-15)11-5-10-22-20(26)17-13-19(25)23-18-12-14(21)8-9-16(17)18/h2-4,6-9,12,17H,5,10-11,13H2,1H3,(H,22,26)(H,23,25)/t17-/m0/s1. The van der Waals surface area contributed by atoms with Gasteiger partial charge in [-0.3, -0.25) is 9.59 Å². The third-order valence-corrected chi connectivity index (χ3v) is 4.54. The first-order valence-corrected chi connectivity index (χ1v) is 8.68. The second kappa shape index (κ2) is 7.99. The molecule has 0 aliphatic carbocycles. The summed E-state index contributed by atoms with van der Waals surface area (Å²) in [5.41, 5.74) is 2.16. The van der Waals surface area contributed by atoms with Crippen LogP contribution in [0.25, 0.3) is 0 Å². The normalized spacial score (nSPS) is 15.8. The van der Waals surface area contributed by atoms with E-state index in [-0.39, 0.29) is 18.2 Å². The van der Waals surface area contributed by atoms with Crippen molar-refractivity contribution >= 4 is 23.2 Å². The number of para-hydroxylation sites is 1. The number of hydrogen-bond donors (Lipinski definition) is 2. The molecule has 3 rings (SSSR count). The van der Waals surface area contributed by atoms with Gasteiger partial charge in [-0.15, -0.1) is 0 Å². The lowest BCUT2D eigenvalue weighted by Crippen LogP contribution is -2.36. The van der Waals surface area contributed by atoms with Crippen molar-refractivity contribution in [2.24, 2.45) is 0 Å². The Labute approximate surface area is 152 Å². The fourth-order valence-corrected chi connectivity index (χ4v) is 3.13. The molecule has 2 aromatic rings. The number of amides is 2. The van der Waals surface area contributed by atoms with Gasteiger partial charge in [-0.05, 0) is 36.2 Å². The topological polar surface area (TPSA) is 61.4 Å². The van der Waals surface area contributed by atoms with Crippen molar-refractivity contribution < 1.29 is 14.0 Å². The molecule has 0 unspecified atom stereocenters. The SMILES string of the molecule is CN(CCCNC(=O)[C@H]1CC(=O)Nc2cc(F)ccc21)c1ccccc1. The molecule has 136 valence electrons. The summed E-state index contributed by atoms with van der Waals surface area (Å²) in [6.45, 7) is 1.32. The van der Waals surface area contributed by atoms with Gasteiger partial charge in [0.1, 0.15) is 5.82 Å². The molecule has 1 atom stereocenters. The van der Waals surface area contributed by atoms with Gasteiger partial charge in [-0.25, -0.2) is 4.39 Å². The first-order chi connectivity index (χ1) is 12.5. The van der Waals surface area contributed by atoms with Crippen LogP contribution in [0.15, 0.2) is 48.5 Å². The minimum atomic E-state index is -0.578. The summed E-state index contributed by atoms with van der Waals surface area (Å²) < 4.78 is 13.4. The Morgan fingerprint density at radius 1 is 1.27 bits per heavy atom. The molecule has 0 radical (unpaired) electrons. The average Bonchev–Trinajstić information content (AvgIpc) is 2.64. The molecule has 5 nitrogen and oxygen atoms in total. The van der Waals surface area contributed by atoms with Crippen LogP contribution >= 0.6 is 0 Å². The van der Waals surface area contributed by atoms with E-state index in [0.29, 0.717) is 17.8 Å². The number of halogens is 1. The van der Waals surface area contributed by atoms with Gasteiger partial charge >= 0.3 is 0 Å². The van der Waals surface area contributed by atoms with Crippen LogP contribution in [0.4, 0.5) is 15.8 Å². The zero-order valence-electron chi connectivity index (χ0n) is 14.7. The van der Waals surface area contributed by atoms with Crippen LogP contribution in [-0.4, -0.2) is 32.0 Å². The molecule has 2 aromatic carbocycles. The zero-order valence-corrected chi connectivity index (χ0v) is 14.7. The lowest BCUT2D eigenvalue weighted by Gasteiger charge is -2.25. The Morgan fingerprint density at radius 3 is 2.81 bits per heavy atom. The van der Waals surface area contributed by atoms with Gasteiger partial charge in [-0.1, -0.05) is 24.3 Å². The van der Waals surface area contributed by atoms with E-state index in [9.17, 15) is 14.0 Å². The van der Waals surface area contributed by atoms with E-state index in [2.05, 4.69) is 15.5 Å².